The van der Waals surface area contributed by atoms with Gasteiger partial charge in [0.15, 0.2) is 0 Å². The fourth-order valence-electron chi connectivity index (χ4n) is 0.982. The molecule has 0 rings (SSSR count). The van der Waals surface area contributed by atoms with Gasteiger partial charge in [0.2, 0.25) is 0 Å². The number of hydrogen-bond acceptors (Lipinski definition) is 3. The molecule has 0 fully saturated rings. The van der Waals surface area contributed by atoms with Crippen LogP contribution in [0.15, 0.2) is 23.8 Å². The van der Waals surface area contributed by atoms with E-state index in [1.54, 1.807) is 12.2 Å². The number of ether oxygens (including phenoxy) is 2. The lowest BCUT2D eigenvalue weighted by atomic mass is 10.1. The Bertz CT molecular complexity index is 316. The maximum atomic E-state index is 10.8. The molecule has 0 aromatic carbocycles. The number of esters is 1. The minimum absolute atomic E-state index is 0.370. The second-order valence-corrected chi connectivity index (χ2v) is 3.11. The summed E-state index contributed by atoms with van der Waals surface area (Å²) in [4.78, 5) is 10.8. The van der Waals surface area contributed by atoms with Crippen molar-refractivity contribution in [3.63, 3.8) is 0 Å². The molecule has 0 aromatic heterocycles. The summed E-state index contributed by atoms with van der Waals surface area (Å²) in [7, 11) is 2.87. The van der Waals surface area contributed by atoms with Gasteiger partial charge in [-0.1, -0.05) is 25.5 Å². The van der Waals surface area contributed by atoms with Crippen molar-refractivity contribution in [1.29, 1.82) is 0 Å². The van der Waals surface area contributed by atoms with Crippen molar-refractivity contribution in [2.24, 2.45) is 0 Å². The molecular formula is C13H18O3. The third-order valence-corrected chi connectivity index (χ3v) is 1.84. The summed E-state index contributed by atoms with van der Waals surface area (Å²) < 4.78 is 9.16. The molecule has 0 heterocycles. The number of carbonyl (C=O) groups excluding carboxylic acids is 1. The van der Waals surface area contributed by atoms with Gasteiger partial charge >= 0.3 is 5.97 Å². The Balaban J connectivity index is 4.42. The minimum Gasteiger partial charge on any atom is -0.466 e. The fourth-order valence-corrected chi connectivity index (χ4v) is 0.982. The fraction of sp³-hybridized carbons (Fsp3) is 0.462. The van der Waals surface area contributed by atoms with E-state index in [1.165, 1.54) is 20.3 Å². The van der Waals surface area contributed by atoms with Crippen LogP contribution >= 0.6 is 0 Å². The van der Waals surface area contributed by atoms with Crippen LogP contribution in [0.5, 0.6) is 0 Å². The van der Waals surface area contributed by atoms with Gasteiger partial charge in [-0.15, -0.1) is 0 Å². The van der Waals surface area contributed by atoms with Gasteiger partial charge in [-0.3, -0.25) is 0 Å². The van der Waals surface area contributed by atoms with E-state index < -0.39 is 0 Å². The monoisotopic (exact) mass is 222 g/mol. The first-order valence-electron chi connectivity index (χ1n) is 5.23. The first kappa shape index (κ1) is 14.3. The Kier molecular flexibility index (Phi) is 8.81. The molecule has 0 N–H and O–H groups in total. The topological polar surface area (TPSA) is 35.5 Å². The molecule has 3 nitrogen and oxygen atoms in total. The Hall–Kier alpha value is -1.69. The number of unbranched alkanes of at least 4 members (excludes halogenated alkanes) is 1. The van der Waals surface area contributed by atoms with E-state index in [0.29, 0.717) is 0 Å². The Labute approximate surface area is 97.1 Å². The molecule has 16 heavy (non-hydrogen) atoms. The maximum Gasteiger partial charge on any atom is 0.330 e. The average Bonchev–Trinajstić information content (AvgIpc) is 2.31. The number of rotatable bonds is 5. The van der Waals surface area contributed by atoms with Crippen molar-refractivity contribution >= 4 is 5.97 Å². The second-order valence-electron chi connectivity index (χ2n) is 3.11. The molecule has 0 aliphatic carbocycles. The van der Waals surface area contributed by atoms with Gasteiger partial charge in [-0.05, 0) is 18.8 Å². The second kappa shape index (κ2) is 9.85. The highest BCUT2D eigenvalue weighted by molar-refractivity contribution is 5.82. The van der Waals surface area contributed by atoms with Crippen LogP contribution in [0.25, 0.3) is 0 Å². The molecule has 0 aliphatic heterocycles. The predicted octanol–water partition coefficient (Wildman–Crippen LogP) is 2.44. The van der Waals surface area contributed by atoms with Crippen LogP contribution in [0.2, 0.25) is 0 Å². The molecule has 0 bridgehead atoms. The molecule has 0 amide bonds. The van der Waals surface area contributed by atoms with Crippen LogP contribution in [-0.2, 0) is 14.3 Å². The summed E-state index contributed by atoms with van der Waals surface area (Å²) in [6.07, 6.45) is 10.4. The number of hydrogen-bond donors (Lipinski definition) is 0. The lowest BCUT2D eigenvalue weighted by molar-refractivity contribution is -0.134. The number of carbonyl (C=O) groups is 1. The molecular weight excluding hydrogens is 204 g/mol. The third kappa shape index (κ3) is 7.69. The zero-order valence-corrected chi connectivity index (χ0v) is 10.1. The number of allylic oxidation sites excluding steroid dienone is 3. The summed E-state index contributed by atoms with van der Waals surface area (Å²) >= 11 is 0. The molecule has 88 valence electrons. The van der Waals surface area contributed by atoms with Gasteiger partial charge in [0.25, 0.3) is 0 Å². The highest BCUT2D eigenvalue weighted by Gasteiger charge is 1.92. The van der Waals surface area contributed by atoms with Crippen LogP contribution < -0.4 is 0 Å². The van der Waals surface area contributed by atoms with Crippen LogP contribution in [0.1, 0.15) is 26.2 Å². The molecule has 0 saturated heterocycles. The first-order chi connectivity index (χ1) is 7.74. The normalized spacial score (nSPS) is 10.8. The van der Waals surface area contributed by atoms with E-state index >= 15 is 0 Å². The van der Waals surface area contributed by atoms with Crippen molar-refractivity contribution in [1.82, 2.24) is 0 Å². The molecule has 0 radical (unpaired) electrons. The Morgan fingerprint density at radius 1 is 1.38 bits per heavy atom. The van der Waals surface area contributed by atoms with Crippen molar-refractivity contribution in [2.45, 2.75) is 26.2 Å². The predicted molar refractivity (Wildman–Crippen MR) is 63.5 cm³/mol. The van der Waals surface area contributed by atoms with E-state index in [0.717, 1.165) is 24.8 Å². The van der Waals surface area contributed by atoms with Crippen molar-refractivity contribution in [2.75, 3.05) is 14.2 Å². The SMILES string of the molecule is CCCC/C(C#COC)=C/C=C/C(=O)OC. The van der Waals surface area contributed by atoms with Crippen LogP contribution in [0.3, 0.4) is 0 Å². The average molecular weight is 222 g/mol. The van der Waals surface area contributed by atoms with E-state index in [-0.39, 0.29) is 5.97 Å². The molecule has 3 heteroatoms. The largest absolute Gasteiger partial charge is 0.466 e. The van der Waals surface area contributed by atoms with Gasteiger partial charge in [-0.2, -0.15) is 0 Å². The first-order valence-corrected chi connectivity index (χ1v) is 5.23. The summed E-state index contributed by atoms with van der Waals surface area (Å²) in [5.74, 6) is 2.51. The minimum atomic E-state index is -0.370. The van der Waals surface area contributed by atoms with Crippen molar-refractivity contribution in [3.05, 3.63) is 23.8 Å². The van der Waals surface area contributed by atoms with Crippen LogP contribution in [0.4, 0.5) is 0 Å². The standard InChI is InChI=1S/C13H18O3/c1-4-5-7-12(10-11-15-2)8-6-9-13(14)16-3/h6,8-9H,4-5,7H2,1-3H3/b9-6+,12-8-. The summed E-state index contributed by atoms with van der Waals surface area (Å²) in [6, 6.07) is 0. The van der Waals surface area contributed by atoms with Gasteiger partial charge in [-0.25, -0.2) is 4.79 Å². The Morgan fingerprint density at radius 2 is 2.12 bits per heavy atom. The maximum absolute atomic E-state index is 10.8. The molecule has 0 spiro atoms. The summed E-state index contributed by atoms with van der Waals surface area (Å²) in [5.41, 5.74) is 0.948. The molecule has 0 saturated carbocycles. The van der Waals surface area contributed by atoms with Gasteiger partial charge < -0.3 is 9.47 Å². The highest BCUT2D eigenvalue weighted by Crippen LogP contribution is 2.06. The lowest BCUT2D eigenvalue weighted by Crippen LogP contribution is -1.93. The number of methoxy groups -OCH3 is 2. The van der Waals surface area contributed by atoms with Crippen molar-refractivity contribution in [3.8, 4) is 12.0 Å². The van der Waals surface area contributed by atoms with E-state index in [9.17, 15) is 4.79 Å². The Morgan fingerprint density at radius 3 is 2.69 bits per heavy atom. The van der Waals surface area contributed by atoms with E-state index in [4.69, 9.17) is 0 Å². The smallest absolute Gasteiger partial charge is 0.330 e. The highest BCUT2D eigenvalue weighted by atomic mass is 16.5. The van der Waals surface area contributed by atoms with Crippen LogP contribution in [0, 0.1) is 12.0 Å². The summed E-state index contributed by atoms with van der Waals surface area (Å²) in [6.45, 7) is 2.12. The summed E-state index contributed by atoms with van der Waals surface area (Å²) in [5, 5.41) is 0. The van der Waals surface area contributed by atoms with Gasteiger partial charge in [0.05, 0.1) is 14.2 Å². The zero-order valence-electron chi connectivity index (χ0n) is 10.1. The molecule has 0 atom stereocenters. The molecule has 0 aliphatic rings. The van der Waals surface area contributed by atoms with E-state index in [1.807, 2.05) is 0 Å². The zero-order chi connectivity index (χ0) is 12.2. The lowest BCUT2D eigenvalue weighted by Gasteiger charge is -1.95. The molecule has 0 aromatic rings. The third-order valence-electron chi connectivity index (χ3n) is 1.84. The quantitative estimate of drug-likeness (QED) is 0.310. The van der Waals surface area contributed by atoms with E-state index in [2.05, 4.69) is 28.4 Å². The van der Waals surface area contributed by atoms with Gasteiger partial charge in [0.1, 0.15) is 6.11 Å². The van der Waals surface area contributed by atoms with Crippen LogP contribution in [-0.4, -0.2) is 20.2 Å². The molecule has 0 unspecified atom stereocenters. The van der Waals surface area contributed by atoms with Gasteiger partial charge in [0, 0.05) is 11.6 Å². The van der Waals surface area contributed by atoms with Crippen molar-refractivity contribution < 1.29 is 14.3 Å².